The highest BCUT2D eigenvalue weighted by molar-refractivity contribution is 7.89. The molecule has 8 nitrogen and oxygen atoms in total. The Morgan fingerprint density at radius 3 is 2.25 bits per heavy atom. The van der Waals surface area contributed by atoms with Crippen molar-refractivity contribution in [2.75, 3.05) is 23.7 Å². The minimum atomic E-state index is -3.75. The number of para-hydroxylation sites is 1. The molecule has 1 fully saturated rings. The Labute approximate surface area is 193 Å². The lowest BCUT2D eigenvalue weighted by Crippen LogP contribution is -2.48. The summed E-state index contributed by atoms with van der Waals surface area (Å²) in [7, 11) is -3.75. The van der Waals surface area contributed by atoms with Gasteiger partial charge >= 0.3 is 6.03 Å². The smallest absolute Gasteiger partial charge is 0.319 e. The number of hydrogen-bond donors (Lipinski definition) is 3. The van der Waals surface area contributed by atoms with Crippen LogP contribution in [0, 0.1) is 5.92 Å². The van der Waals surface area contributed by atoms with Crippen LogP contribution in [0.2, 0.25) is 5.02 Å². The zero-order valence-electron chi connectivity index (χ0n) is 18.0. The average molecular weight is 479 g/mol. The molecular weight excluding hydrogens is 452 g/mol. The summed E-state index contributed by atoms with van der Waals surface area (Å²) in [6.45, 7) is 4.51. The summed E-state index contributed by atoms with van der Waals surface area (Å²) in [6.07, 6.45) is 1.61. The SMILES string of the molecule is CC(C)[C@H](NC(=O)Nc1ccccc1)C(=O)Nc1ccc(Cl)c(S(=O)(=O)N2CCCC2)c1. The van der Waals surface area contributed by atoms with Crippen molar-refractivity contribution in [3.05, 3.63) is 53.6 Å². The van der Waals surface area contributed by atoms with Crippen molar-refractivity contribution in [3.8, 4) is 0 Å². The molecular formula is C22H27ClN4O4S. The molecule has 3 N–H and O–H groups in total. The second-order valence-corrected chi connectivity index (χ2v) is 10.2. The number of anilines is 2. The van der Waals surface area contributed by atoms with Crippen LogP contribution >= 0.6 is 11.6 Å². The van der Waals surface area contributed by atoms with Gasteiger partial charge in [0.2, 0.25) is 15.9 Å². The third-order valence-electron chi connectivity index (χ3n) is 5.15. The van der Waals surface area contributed by atoms with Crippen molar-refractivity contribution in [1.82, 2.24) is 9.62 Å². The maximum absolute atomic E-state index is 12.9. The van der Waals surface area contributed by atoms with Gasteiger partial charge in [-0.05, 0) is 49.1 Å². The number of carbonyl (C=O) groups is 2. The molecule has 0 unspecified atom stereocenters. The third kappa shape index (κ3) is 5.79. The second kappa shape index (κ2) is 10.3. The van der Waals surface area contributed by atoms with Gasteiger partial charge in [0.1, 0.15) is 10.9 Å². The first-order valence-electron chi connectivity index (χ1n) is 10.4. The second-order valence-electron chi connectivity index (χ2n) is 7.93. The number of sulfonamides is 1. The predicted molar refractivity (Wildman–Crippen MR) is 125 cm³/mol. The standard InChI is InChI=1S/C22H27ClN4O4S/c1-15(2)20(26-22(29)25-16-8-4-3-5-9-16)21(28)24-17-10-11-18(23)19(14-17)32(30,31)27-12-6-7-13-27/h3-5,8-11,14-15,20H,6-7,12-13H2,1-2H3,(H,24,28)(H2,25,26,29)/t20-/m0/s1. The molecule has 1 saturated heterocycles. The van der Waals surface area contributed by atoms with Gasteiger partial charge < -0.3 is 16.0 Å². The van der Waals surface area contributed by atoms with Crippen molar-refractivity contribution in [1.29, 1.82) is 0 Å². The molecule has 0 saturated carbocycles. The fourth-order valence-corrected chi connectivity index (χ4v) is 5.45. The maximum Gasteiger partial charge on any atom is 0.319 e. The van der Waals surface area contributed by atoms with E-state index in [4.69, 9.17) is 11.6 Å². The Balaban J connectivity index is 1.73. The van der Waals surface area contributed by atoms with E-state index in [0.29, 0.717) is 18.8 Å². The Morgan fingerprint density at radius 1 is 0.969 bits per heavy atom. The lowest BCUT2D eigenvalue weighted by molar-refractivity contribution is -0.118. The van der Waals surface area contributed by atoms with E-state index in [1.807, 2.05) is 6.07 Å². The van der Waals surface area contributed by atoms with Gasteiger partial charge in [-0.25, -0.2) is 13.2 Å². The molecule has 1 aliphatic heterocycles. The highest BCUT2D eigenvalue weighted by Gasteiger charge is 2.30. The Morgan fingerprint density at radius 2 is 1.62 bits per heavy atom. The zero-order chi connectivity index (χ0) is 23.3. The van der Waals surface area contributed by atoms with Crippen LogP contribution in [0.15, 0.2) is 53.4 Å². The molecule has 0 bridgehead atoms. The number of halogens is 1. The predicted octanol–water partition coefficient (Wildman–Crippen LogP) is 3.91. The Kier molecular flexibility index (Phi) is 7.76. The first-order valence-corrected chi connectivity index (χ1v) is 12.2. The van der Waals surface area contributed by atoms with E-state index in [1.54, 1.807) is 38.1 Å². The number of benzene rings is 2. The van der Waals surface area contributed by atoms with Crippen LogP contribution < -0.4 is 16.0 Å². The van der Waals surface area contributed by atoms with Gasteiger partial charge in [-0.15, -0.1) is 0 Å². The molecule has 1 aliphatic rings. The van der Waals surface area contributed by atoms with Gasteiger partial charge in [-0.2, -0.15) is 4.31 Å². The molecule has 0 radical (unpaired) electrons. The van der Waals surface area contributed by atoms with Gasteiger partial charge in [-0.1, -0.05) is 43.6 Å². The minimum Gasteiger partial charge on any atom is -0.326 e. The van der Waals surface area contributed by atoms with Gasteiger partial charge in [-0.3, -0.25) is 4.79 Å². The van der Waals surface area contributed by atoms with E-state index in [-0.39, 0.29) is 21.5 Å². The van der Waals surface area contributed by atoms with Crippen LogP contribution in [-0.4, -0.2) is 43.8 Å². The summed E-state index contributed by atoms with van der Waals surface area (Å²) >= 11 is 6.17. The Bertz CT molecular complexity index is 1070. The lowest BCUT2D eigenvalue weighted by atomic mass is 10.0. The van der Waals surface area contributed by atoms with Crippen molar-refractivity contribution in [2.24, 2.45) is 5.92 Å². The molecule has 2 aromatic rings. The monoisotopic (exact) mass is 478 g/mol. The lowest BCUT2D eigenvalue weighted by Gasteiger charge is -2.22. The summed E-state index contributed by atoms with van der Waals surface area (Å²) in [4.78, 5) is 25.2. The molecule has 0 aromatic heterocycles. The van der Waals surface area contributed by atoms with E-state index in [9.17, 15) is 18.0 Å². The fraction of sp³-hybridized carbons (Fsp3) is 0.364. The number of urea groups is 1. The van der Waals surface area contributed by atoms with Gasteiger partial charge in [0.15, 0.2) is 0 Å². The molecule has 0 aliphatic carbocycles. The molecule has 32 heavy (non-hydrogen) atoms. The number of nitrogens with zero attached hydrogens (tertiary/aromatic N) is 1. The first-order chi connectivity index (χ1) is 15.2. The van der Waals surface area contributed by atoms with Crippen molar-refractivity contribution in [2.45, 2.75) is 37.6 Å². The third-order valence-corrected chi connectivity index (χ3v) is 7.53. The highest BCUT2D eigenvalue weighted by atomic mass is 35.5. The Hall–Kier alpha value is -2.62. The molecule has 3 amide bonds. The van der Waals surface area contributed by atoms with Crippen molar-refractivity contribution < 1.29 is 18.0 Å². The molecule has 172 valence electrons. The molecule has 3 rings (SSSR count). The van der Waals surface area contributed by atoms with Crippen molar-refractivity contribution in [3.63, 3.8) is 0 Å². The van der Waals surface area contributed by atoms with Crippen molar-refractivity contribution >= 4 is 44.9 Å². The quantitative estimate of drug-likeness (QED) is 0.560. The summed E-state index contributed by atoms with van der Waals surface area (Å²) < 4.78 is 27.2. The van der Waals surface area contributed by atoms with Gasteiger partial charge in [0, 0.05) is 24.5 Å². The summed E-state index contributed by atoms with van der Waals surface area (Å²) in [5.74, 6) is -0.674. The normalized spacial score (nSPS) is 15.4. The minimum absolute atomic E-state index is 0.0465. The van der Waals surface area contributed by atoms with E-state index in [1.165, 1.54) is 22.5 Å². The number of carbonyl (C=O) groups excluding carboxylic acids is 2. The molecule has 0 spiro atoms. The van der Waals surface area contributed by atoms with Crippen LogP contribution in [0.25, 0.3) is 0 Å². The topological polar surface area (TPSA) is 108 Å². The fourth-order valence-electron chi connectivity index (χ4n) is 3.43. The largest absolute Gasteiger partial charge is 0.326 e. The molecule has 1 heterocycles. The van der Waals surface area contributed by atoms with Crippen LogP contribution in [0.4, 0.5) is 16.2 Å². The number of nitrogens with one attached hydrogen (secondary N) is 3. The number of hydrogen-bond acceptors (Lipinski definition) is 4. The zero-order valence-corrected chi connectivity index (χ0v) is 19.5. The first kappa shape index (κ1) is 24.0. The van der Waals surface area contributed by atoms with E-state index < -0.39 is 28.0 Å². The average Bonchev–Trinajstić information content (AvgIpc) is 3.29. The van der Waals surface area contributed by atoms with Crippen LogP contribution in [0.1, 0.15) is 26.7 Å². The summed E-state index contributed by atoms with van der Waals surface area (Å²) in [6, 6.07) is 11.9. The van der Waals surface area contributed by atoms with Crippen LogP contribution in [-0.2, 0) is 14.8 Å². The van der Waals surface area contributed by atoms with Crippen LogP contribution in [0.3, 0.4) is 0 Å². The van der Waals surface area contributed by atoms with Crippen LogP contribution in [0.5, 0.6) is 0 Å². The molecule has 2 aromatic carbocycles. The van der Waals surface area contributed by atoms with Gasteiger partial charge in [0.05, 0.1) is 5.02 Å². The number of rotatable bonds is 7. The van der Waals surface area contributed by atoms with E-state index in [2.05, 4.69) is 16.0 Å². The maximum atomic E-state index is 12.9. The molecule has 10 heteroatoms. The summed E-state index contributed by atoms with van der Waals surface area (Å²) in [5, 5.41) is 8.15. The van der Waals surface area contributed by atoms with Gasteiger partial charge in [0.25, 0.3) is 0 Å². The number of amides is 3. The van der Waals surface area contributed by atoms with E-state index in [0.717, 1.165) is 12.8 Å². The molecule has 1 atom stereocenters. The van der Waals surface area contributed by atoms with E-state index >= 15 is 0 Å². The highest BCUT2D eigenvalue weighted by Crippen LogP contribution is 2.29. The summed E-state index contributed by atoms with van der Waals surface area (Å²) in [5.41, 5.74) is 0.885.